The fourth-order valence-corrected chi connectivity index (χ4v) is 1.54. The standard InChI is InChI=1S/C10H16F3N3O/c11-10(12,13)9(7-14)8-15-1-2-16-3-5-17-6-4-16/h9,15H,1-6,8H2. The summed E-state index contributed by atoms with van der Waals surface area (Å²) in [5.41, 5.74) is 0. The molecule has 98 valence electrons. The first-order valence-corrected chi connectivity index (χ1v) is 5.51. The Balaban J connectivity index is 2.12. The highest BCUT2D eigenvalue weighted by Crippen LogP contribution is 2.24. The van der Waals surface area contributed by atoms with Crippen LogP contribution in [0.2, 0.25) is 0 Å². The molecule has 0 aromatic heterocycles. The zero-order chi connectivity index (χ0) is 12.7. The average molecular weight is 251 g/mol. The Bertz CT molecular complexity index is 259. The van der Waals surface area contributed by atoms with Gasteiger partial charge in [-0.25, -0.2) is 0 Å². The van der Waals surface area contributed by atoms with Gasteiger partial charge in [-0.1, -0.05) is 0 Å². The molecule has 0 bridgehead atoms. The molecule has 17 heavy (non-hydrogen) atoms. The minimum absolute atomic E-state index is 0.343. The number of nitrogens with zero attached hydrogens (tertiary/aromatic N) is 2. The molecule has 7 heteroatoms. The van der Waals surface area contributed by atoms with Crippen LogP contribution < -0.4 is 5.32 Å². The highest BCUT2D eigenvalue weighted by atomic mass is 19.4. The second-order valence-corrected chi connectivity index (χ2v) is 3.88. The number of halogens is 3. The Morgan fingerprint density at radius 3 is 2.53 bits per heavy atom. The normalized spacial score (nSPS) is 19.9. The highest BCUT2D eigenvalue weighted by Gasteiger charge is 2.39. The quantitative estimate of drug-likeness (QED) is 0.727. The van der Waals surface area contributed by atoms with Crippen LogP contribution in [0, 0.1) is 17.2 Å². The van der Waals surface area contributed by atoms with Crippen molar-refractivity contribution in [1.29, 1.82) is 5.26 Å². The Hall–Kier alpha value is -0.840. The number of morpholine rings is 1. The smallest absolute Gasteiger partial charge is 0.379 e. The van der Waals surface area contributed by atoms with Gasteiger partial charge in [-0.15, -0.1) is 0 Å². The fraction of sp³-hybridized carbons (Fsp3) is 0.900. The van der Waals surface area contributed by atoms with Crippen LogP contribution in [-0.2, 0) is 4.74 Å². The first-order valence-electron chi connectivity index (χ1n) is 5.51. The number of alkyl halides is 3. The highest BCUT2D eigenvalue weighted by molar-refractivity contribution is 4.89. The van der Waals surface area contributed by atoms with Crippen molar-refractivity contribution in [3.63, 3.8) is 0 Å². The zero-order valence-electron chi connectivity index (χ0n) is 9.46. The summed E-state index contributed by atoms with van der Waals surface area (Å²) in [6.07, 6.45) is -4.44. The van der Waals surface area contributed by atoms with E-state index in [9.17, 15) is 13.2 Å². The van der Waals surface area contributed by atoms with Crippen LogP contribution >= 0.6 is 0 Å². The van der Waals surface area contributed by atoms with Gasteiger partial charge in [-0.05, 0) is 0 Å². The maximum atomic E-state index is 12.2. The van der Waals surface area contributed by atoms with E-state index in [4.69, 9.17) is 10.00 Å². The lowest BCUT2D eigenvalue weighted by atomic mass is 10.1. The molecular weight excluding hydrogens is 235 g/mol. The van der Waals surface area contributed by atoms with Gasteiger partial charge in [0.25, 0.3) is 0 Å². The fourth-order valence-electron chi connectivity index (χ4n) is 1.54. The largest absolute Gasteiger partial charge is 0.405 e. The minimum atomic E-state index is -4.44. The maximum absolute atomic E-state index is 12.2. The van der Waals surface area contributed by atoms with Gasteiger partial charge in [0.2, 0.25) is 0 Å². The van der Waals surface area contributed by atoms with Crippen LogP contribution in [0.25, 0.3) is 0 Å². The molecule has 1 saturated heterocycles. The van der Waals surface area contributed by atoms with Gasteiger partial charge in [0.15, 0.2) is 5.92 Å². The van der Waals surface area contributed by atoms with Crippen molar-refractivity contribution in [3.05, 3.63) is 0 Å². The number of hydrogen-bond donors (Lipinski definition) is 1. The molecule has 1 heterocycles. The predicted octanol–water partition coefficient (Wildman–Crippen LogP) is 0.610. The van der Waals surface area contributed by atoms with Gasteiger partial charge in [0.05, 0.1) is 19.3 Å². The van der Waals surface area contributed by atoms with Crippen LogP contribution in [0.4, 0.5) is 13.2 Å². The van der Waals surface area contributed by atoms with Crippen molar-refractivity contribution >= 4 is 0 Å². The molecule has 1 aliphatic rings. The lowest BCUT2D eigenvalue weighted by Crippen LogP contribution is -2.41. The summed E-state index contributed by atoms with van der Waals surface area (Å²) < 4.78 is 41.8. The van der Waals surface area contributed by atoms with Crippen LogP contribution in [-0.4, -0.2) is 57.0 Å². The molecule has 1 N–H and O–H groups in total. The van der Waals surface area contributed by atoms with E-state index in [2.05, 4.69) is 10.2 Å². The minimum Gasteiger partial charge on any atom is -0.379 e. The molecule has 0 aliphatic carbocycles. The average Bonchev–Trinajstić information content (AvgIpc) is 2.28. The number of rotatable bonds is 5. The molecule has 1 atom stereocenters. The lowest BCUT2D eigenvalue weighted by molar-refractivity contribution is -0.157. The lowest BCUT2D eigenvalue weighted by Gasteiger charge is -2.26. The van der Waals surface area contributed by atoms with Crippen molar-refractivity contribution < 1.29 is 17.9 Å². The molecular formula is C10H16F3N3O. The van der Waals surface area contributed by atoms with Gasteiger partial charge < -0.3 is 10.1 Å². The molecule has 0 aromatic rings. The summed E-state index contributed by atoms with van der Waals surface area (Å²) in [5, 5.41) is 11.0. The summed E-state index contributed by atoms with van der Waals surface area (Å²) >= 11 is 0. The van der Waals surface area contributed by atoms with E-state index >= 15 is 0 Å². The van der Waals surface area contributed by atoms with Crippen molar-refractivity contribution in [2.45, 2.75) is 6.18 Å². The van der Waals surface area contributed by atoms with E-state index in [1.54, 1.807) is 0 Å². The second kappa shape index (κ2) is 6.79. The molecule has 0 radical (unpaired) electrons. The summed E-state index contributed by atoms with van der Waals surface area (Å²) in [6, 6.07) is 1.26. The third kappa shape index (κ3) is 5.35. The molecule has 0 saturated carbocycles. The van der Waals surface area contributed by atoms with E-state index in [0.717, 1.165) is 13.1 Å². The van der Waals surface area contributed by atoms with Gasteiger partial charge in [0, 0.05) is 32.7 Å². The topological polar surface area (TPSA) is 48.3 Å². The van der Waals surface area contributed by atoms with Gasteiger partial charge in [-0.2, -0.15) is 18.4 Å². The van der Waals surface area contributed by atoms with Crippen LogP contribution in [0.3, 0.4) is 0 Å². The van der Waals surface area contributed by atoms with Crippen LogP contribution in [0.15, 0.2) is 0 Å². The van der Waals surface area contributed by atoms with Crippen molar-refractivity contribution in [2.24, 2.45) is 5.92 Å². The van der Waals surface area contributed by atoms with Gasteiger partial charge >= 0.3 is 6.18 Å². The SMILES string of the molecule is N#CC(CNCCN1CCOCC1)C(F)(F)F. The van der Waals surface area contributed by atoms with Crippen LogP contribution in [0.1, 0.15) is 0 Å². The molecule has 4 nitrogen and oxygen atoms in total. The summed E-state index contributed by atoms with van der Waals surface area (Å²) in [6.45, 7) is 3.75. The number of nitriles is 1. The monoisotopic (exact) mass is 251 g/mol. The predicted molar refractivity (Wildman–Crippen MR) is 55.3 cm³/mol. The Labute approximate surface area is 98.3 Å². The third-order valence-corrected chi connectivity index (χ3v) is 2.61. The summed E-state index contributed by atoms with van der Waals surface area (Å²) in [4.78, 5) is 2.12. The van der Waals surface area contributed by atoms with Crippen LogP contribution in [0.5, 0.6) is 0 Å². The Morgan fingerprint density at radius 2 is 2.00 bits per heavy atom. The zero-order valence-corrected chi connectivity index (χ0v) is 9.46. The molecule has 0 amide bonds. The maximum Gasteiger partial charge on any atom is 0.405 e. The van der Waals surface area contributed by atoms with Crippen molar-refractivity contribution in [3.8, 4) is 6.07 Å². The molecule has 1 unspecified atom stereocenters. The summed E-state index contributed by atoms with van der Waals surface area (Å²) in [5.74, 6) is -1.92. The summed E-state index contributed by atoms with van der Waals surface area (Å²) in [7, 11) is 0. The van der Waals surface area contributed by atoms with Gasteiger partial charge in [-0.3, -0.25) is 4.90 Å². The first kappa shape index (κ1) is 14.2. The molecule has 1 rings (SSSR count). The molecule has 1 fully saturated rings. The van der Waals surface area contributed by atoms with E-state index in [-0.39, 0.29) is 6.54 Å². The molecule has 0 spiro atoms. The Kier molecular flexibility index (Phi) is 5.68. The number of ether oxygens (including phenoxy) is 1. The van der Waals surface area contributed by atoms with E-state index in [0.29, 0.717) is 26.3 Å². The first-order chi connectivity index (χ1) is 8.04. The second-order valence-electron chi connectivity index (χ2n) is 3.88. The van der Waals surface area contributed by atoms with E-state index < -0.39 is 12.1 Å². The van der Waals surface area contributed by atoms with Crippen molar-refractivity contribution in [1.82, 2.24) is 10.2 Å². The van der Waals surface area contributed by atoms with E-state index in [1.165, 1.54) is 6.07 Å². The third-order valence-electron chi connectivity index (χ3n) is 2.61. The van der Waals surface area contributed by atoms with Crippen molar-refractivity contribution in [2.75, 3.05) is 45.9 Å². The number of hydrogen-bond acceptors (Lipinski definition) is 4. The molecule has 1 aliphatic heterocycles. The van der Waals surface area contributed by atoms with E-state index in [1.807, 2.05) is 0 Å². The molecule has 0 aromatic carbocycles. The Morgan fingerprint density at radius 1 is 1.35 bits per heavy atom. The van der Waals surface area contributed by atoms with Gasteiger partial charge in [0.1, 0.15) is 0 Å². The number of nitrogens with one attached hydrogen (secondary N) is 1.